The van der Waals surface area contributed by atoms with Gasteiger partial charge in [-0.2, -0.15) is 0 Å². The van der Waals surface area contributed by atoms with Crippen LogP contribution in [0.4, 0.5) is 4.79 Å². The number of imide groups is 1. The third-order valence-electron chi connectivity index (χ3n) is 6.69. The summed E-state index contributed by atoms with van der Waals surface area (Å²) in [6, 6.07) is 13.5. The summed E-state index contributed by atoms with van der Waals surface area (Å²) in [6.45, 7) is 1.13. The van der Waals surface area contributed by atoms with Gasteiger partial charge in [0.05, 0.1) is 23.9 Å². The van der Waals surface area contributed by atoms with Gasteiger partial charge in [0.15, 0.2) is 0 Å². The van der Waals surface area contributed by atoms with Crippen molar-refractivity contribution in [3.05, 3.63) is 71.5 Å². The Kier molecular flexibility index (Phi) is 3.92. The van der Waals surface area contributed by atoms with Crippen LogP contribution in [-0.2, 0) is 22.7 Å². The van der Waals surface area contributed by atoms with Crippen LogP contribution in [0, 0.1) is 0 Å². The molecule has 2 aromatic carbocycles. The van der Waals surface area contributed by atoms with Crippen molar-refractivity contribution in [1.29, 1.82) is 0 Å². The van der Waals surface area contributed by atoms with Crippen molar-refractivity contribution in [2.24, 2.45) is 0 Å². The number of amides is 3. The Morgan fingerprint density at radius 1 is 0.938 bits per heavy atom. The maximum Gasteiger partial charge on any atom is 0.407 e. The summed E-state index contributed by atoms with van der Waals surface area (Å²) >= 11 is 0. The Labute approximate surface area is 182 Å². The maximum absolute atomic E-state index is 13.0. The van der Waals surface area contributed by atoms with Gasteiger partial charge in [-0.15, -0.1) is 0 Å². The Balaban J connectivity index is 1.52. The lowest BCUT2D eigenvalue weighted by Gasteiger charge is -2.17. The third-order valence-corrected chi connectivity index (χ3v) is 6.69. The number of hydrogen-bond acceptors (Lipinski definition) is 3. The highest BCUT2D eigenvalue weighted by molar-refractivity contribution is 6.13. The van der Waals surface area contributed by atoms with E-state index in [2.05, 4.69) is 10.3 Å². The number of hydrogen-bond donors (Lipinski definition) is 3. The number of nitrogens with one attached hydrogen (secondary N) is 2. The highest BCUT2D eigenvalue weighted by Crippen LogP contribution is 2.44. The highest BCUT2D eigenvalue weighted by atomic mass is 16.4. The largest absolute Gasteiger partial charge is 0.465 e. The van der Waals surface area contributed by atoms with Crippen LogP contribution in [0.5, 0.6) is 0 Å². The molecule has 2 aromatic heterocycles. The summed E-state index contributed by atoms with van der Waals surface area (Å²) in [6.07, 6.45) is 2.79. The number of carbonyl (C=O) groups is 3. The van der Waals surface area contributed by atoms with Crippen molar-refractivity contribution < 1.29 is 19.5 Å². The fourth-order valence-corrected chi connectivity index (χ4v) is 5.27. The molecular weight excluding hydrogens is 408 g/mol. The number of para-hydroxylation sites is 2. The number of H-pyrrole nitrogens is 1. The van der Waals surface area contributed by atoms with Crippen LogP contribution in [0.15, 0.2) is 54.9 Å². The zero-order valence-electron chi connectivity index (χ0n) is 17.0. The molecule has 3 amide bonds. The number of fused-ring (bicyclic) bond motifs is 1. The second-order valence-corrected chi connectivity index (χ2v) is 8.39. The normalized spacial score (nSPS) is 20.7. The van der Waals surface area contributed by atoms with Crippen LogP contribution in [-0.4, -0.2) is 44.0 Å². The fraction of sp³-hybridized carbons (Fsp3) is 0.208. The van der Waals surface area contributed by atoms with Crippen molar-refractivity contribution in [2.45, 2.75) is 24.9 Å². The van der Waals surface area contributed by atoms with E-state index in [9.17, 15) is 19.5 Å². The molecule has 0 unspecified atom stereocenters. The molecular formula is C24H20N4O4. The fourth-order valence-electron chi connectivity index (χ4n) is 5.27. The number of carboxylic acid groups (broad SMARTS) is 1. The van der Waals surface area contributed by atoms with E-state index in [1.807, 2.05) is 59.4 Å². The van der Waals surface area contributed by atoms with Gasteiger partial charge in [0.1, 0.15) is 0 Å². The molecule has 2 atom stereocenters. The van der Waals surface area contributed by atoms with E-state index in [1.165, 1.54) is 4.90 Å². The lowest BCUT2D eigenvalue weighted by Crippen LogP contribution is -2.30. The monoisotopic (exact) mass is 428 g/mol. The van der Waals surface area contributed by atoms with Gasteiger partial charge in [0, 0.05) is 41.8 Å². The van der Waals surface area contributed by atoms with E-state index in [1.54, 1.807) is 0 Å². The number of aromatic amines is 1. The van der Waals surface area contributed by atoms with Crippen molar-refractivity contribution in [1.82, 2.24) is 19.8 Å². The summed E-state index contributed by atoms with van der Waals surface area (Å²) in [5, 5.41) is 13.8. The van der Waals surface area contributed by atoms with E-state index in [4.69, 9.17) is 0 Å². The Hall–Kier alpha value is -4.07. The van der Waals surface area contributed by atoms with Crippen molar-refractivity contribution in [3.8, 4) is 0 Å². The number of aromatic nitrogens is 2. The van der Waals surface area contributed by atoms with Gasteiger partial charge >= 0.3 is 6.09 Å². The van der Waals surface area contributed by atoms with Gasteiger partial charge in [0.2, 0.25) is 11.8 Å². The zero-order chi connectivity index (χ0) is 22.0. The van der Waals surface area contributed by atoms with E-state index >= 15 is 0 Å². The molecule has 8 nitrogen and oxygen atoms in total. The van der Waals surface area contributed by atoms with Gasteiger partial charge in [-0.25, -0.2) is 4.79 Å². The first-order valence-electron chi connectivity index (χ1n) is 10.5. The zero-order valence-corrected chi connectivity index (χ0v) is 17.0. The number of benzene rings is 2. The van der Waals surface area contributed by atoms with Gasteiger partial charge in [-0.3, -0.25) is 14.9 Å². The molecule has 0 aliphatic carbocycles. The first-order valence-corrected chi connectivity index (χ1v) is 10.5. The van der Waals surface area contributed by atoms with Gasteiger partial charge in [-0.05, 0) is 22.8 Å². The molecule has 1 saturated heterocycles. The minimum absolute atomic E-state index is 0.289. The smallest absolute Gasteiger partial charge is 0.407 e. The summed E-state index contributed by atoms with van der Waals surface area (Å²) in [5.41, 5.74) is 4.33. The average Bonchev–Trinajstić information content (AvgIpc) is 3.39. The molecule has 8 heteroatoms. The molecule has 6 rings (SSSR count). The standard InChI is InChI=1S/C24H20N4O4/c29-22-19(16-10-25-18-7-2-1-5-14(16)18)20(23(30)26-22)17-12-27-8-9-28(24(31)32)11-13-4-3-6-15(17)21(13)27/h1-7,10,12,19-20,25H,8-9,11H2,(H,31,32)(H,26,29,30)/t19-,20-/m0/s1. The lowest BCUT2D eigenvalue weighted by atomic mass is 9.83. The second-order valence-electron chi connectivity index (χ2n) is 8.39. The predicted molar refractivity (Wildman–Crippen MR) is 117 cm³/mol. The molecule has 0 bridgehead atoms. The quantitative estimate of drug-likeness (QED) is 0.426. The molecule has 4 aromatic rings. The lowest BCUT2D eigenvalue weighted by molar-refractivity contribution is -0.125. The van der Waals surface area contributed by atoms with Crippen LogP contribution in [0.3, 0.4) is 0 Å². The summed E-state index contributed by atoms with van der Waals surface area (Å²) in [4.78, 5) is 42.2. The van der Waals surface area contributed by atoms with E-state index in [0.29, 0.717) is 13.1 Å². The number of rotatable bonds is 2. The Morgan fingerprint density at radius 3 is 2.50 bits per heavy atom. The van der Waals surface area contributed by atoms with E-state index < -0.39 is 17.9 Å². The van der Waals surface area contributed by atoms with Crippen LogP contribution in [0.1, 0.15) is 28.5 Å². The molecule has 2 aliphatic rings. The molecule has 0 radical (unpaired) electrons. The van der Waals surface area contributed by atoms with Gasteiger partial charge in [-0.1, -0.05) is 36.4 Å². The van der Waals surface area contributed by atoms with Crippen LogP contribution >= 0.6 is 0 Å². The Bertz CT molecular complexity index is 1430. The molecule has 160 valence electrons. The SMILES string of the molecule is O=C1NC(=O)[C@@H](c2cn3c4c(cccc24)CN(C(=O)O)CC3)[C@@H]1c1c[nH]c2ccccc12. The number of nitrogens with zero attached hydrogens (tertiary/aromatic N) is 2. The van der Waals surface area contributed by atoms with Crippen molar-refractivity contribution in [2.75, 3.05) is 6.54 Å². The van der Waals surface area contributed by atoms with Gasteiger partial charge < -0.3 is 19.6 Å². The molecule has 3 N–H and O–H groups in total. The Morgan fingerprint density at radius 2 is 1.69 bits per heavy atom. The first kappa shape index (κ1) is 18.7. The summed E-state index contributed by atoms with van der Waals surface area (Å²) in [7, 11) is 0. The van der Waals surface area contributed by atoms with Crippen LogP contribution < -0.4 is 5.32 Å². The van der Waals surface area contributed by atoms with E-state index in [-0.39, 0.29) is 18.4 Å². The molecule has 1 fully saturated rings. The first-order chi connectivity index (χ1) is 15.5. The van der Waals surface area contributed by atoms with Crippen LogP contribution in [0.2, 0.25) is 0 Å². The van der Waals surface area contributed by atoms with Crippen LogP contribution in [0.25, 0.3) is 21.8 Å². The molecule has 0 spiro atoms. The molecule has 32 heavy (non-hydrogen) atoms. The minimum Gasteiger partial charge on any atom is -0.465 e. The van der Waals surface area contributed by atoms with Crippen molar-refractivity contribution in [3.63, 3.8) is 0 Å². The summed E-state index contributed by atoms with van der Waals surface area (Å²) < 4.78 is 2.02. The molecule has 4 heterocycles. The summed E-state index contributed by atoms with van der Waals surface area (Å²) in [5.74, 6) is -1.90. The molecule has 2 aliphatic heterocycles. The maximum atomic E-state index is 13.0. The second kappa shape index (κ2) is 6.71. The highest BCUT2D eigenvalue weighted by Gasteiger charge is 2.45. The van der Waals surface area contributed by atoms with E-state index in [0.717, 1.165) is 38.5 Å². The predicted octanol–water partition coefficient (Wildman–Crippen LogP) is 3.14. The van der Waals surface area contributed by atoms with Crippen molar-refractivity contribution >= 4 is 39.7 Å². The minimum atomic E-state index is -0.951. The third kappa shape index (κ3) is 2.59. The number of carbonyl (C=O) groups excluding carboxylic acids is 2. The average molecular weight is 428 g/mol. The molecule has 0 saturated carbocycles. The topological polar surface area (TPSA) is 107 Å². The van der Waals surface area contributed by atoms with Gasteiger partial charge in [0.25, 0.3) is 0 Å².